The Morgan fingerprint density at radius 3 is 2.80 bits per heavy atom. The number of nitrogens with one attached hydrogen (secondary N) is 1. The first-order chi connectivity index (χ1) is 7.09. The van der Waals surface area contributed by atoms with E-state index >= 15 is 0 Å². The number of carbonyl (C=O) groups is 1. The summed E-state index contributed by atoms with van der Waals surface area (Å²) in [5.41, 5.74) is 0.900. The fourth-order valence-electron chi connectivity index (χ4n) is 1.10. The number of hydrogen-bond acceptors (Lipinski definition) is 1. The van der Waals surface area contributed by atoms with E-state index in [0.29, 0.717) is 11.4 Å². The summed E-state index contributed by atoms with van der Waals surface area (Å²) in [6.45, 7) is 0.184. The van der Waals surface area contributed by atoms with Crippen molar-refractivity contribution in [1.29, 1.82) is 0 Å². The zero-order valence-electron chi connectivity index (χ0n) is 7.84. The van der Waals surface area contributed by atoms with Crippen LogP contribution < -0.4 is 5.32 Å². The highest BCUT2D eigenvalue weighted by Crippen LogP contribution is 2.10. The lowest BCUT2D eigenvalue weighted by Crippen LogP contribution is -2.31. The van der Waals surface area contributed by atoms with Crippen LogP contribution in [0.5, 0.6) is 0 Å². The molecule has 0 spiro atoms. The first kappa shape index (κ1) is 11.9. The van der Waals surface area contributed by atoms with Crippen molar-refractivity contribution in [3.8, 4) is 0 Å². The van der Waals surface area contributed by atoms with Crippen molar-refractivity contribution in [2.24, 2.45) is 0 Å². The fourth-order valence-corrected chi connectivity index (χ4v) is 1.31. The number of halogens is 3. The summed E-state index contributed by atoms with van der Waals surface area (Å²) in [5.74, 6) is -1.24. The Hall–Kier alpha value is -1.16. The summed E-state index contributed by atoms with van der Waals surface area (Å²) < 4.78 is 23.6. The lowest BCUT2D eigenvalue weighted by molar-refractivity contribution is -0.131. The van der Waals surface area contributed by atoms with E-state index in [2.05, 4.69) is 5.32 Å². The second kappa shape index (κ2) is 5.66. The SMILES string of the molecule is O=C(NCCc1cccc(Cl)c1)C(F)F. The summed E-state index contributed by atoms with van der Waals surface area (Å²) in [7, 11) is 0. The number of amides is 1. The molecule has 0 radical (unpaired) electrons. The smallest absolute Gasteiger partial charge is 0.315 e. The highest BCUT2D eigenvalue weighted by atomic mass is 35.5. The van der Waals surface area contributed by atoms with E-state index in [1.165, 1.54) is 0 Å². The van der Waals surface area contributed by atoms with Gasteiger partial charge in [0, 0.05) is 11.6 Å². The van der Waals surface area contributed by atoms with Crippen LogP contribution in [0.25, 0.3) is 0 Å². The van der Waals surface area contributed by atoms with Gasteiger partial charge in [-0.3, -0.25) is 4.79 Å². The summed E-state index contributed by atoms with van der Waals surface area (Å²) in [4.78, 5) is 10.5. The van der Waals surface area contributed by atoms with Crippen LogP contribution >= 0.6 is 11.6 Å². The largest absolute Gasteiger partial charge is 0.351 e. The minimum Gasteiger partial charge on any atom is -0.351 e. The van der Waals surface area contributed by atoms with Gasteiger partial charge in [0.15, 0.2) is 0 Å². The van der Waals surface area contributed by atoms with Crippen molar-refractivity contribution in [2.45, 2.75) is 12.8 Å². The quantitative estimate of drug-likeness (QED) is 0.849. The predicted octanol–water partition coefficient (Wildman–Crippen LogP) is 2.26. The molecule has 15 heavy (non-hydrogen) atoms. The Bertz CT molecular complexity index is 344. The summed E-state index contributed by atoms with van der Waals surface area (Å²) >= 11 is 5.73. The number of hydrogen-bond donors (Lipinski definition) is 1. The molecule has 0 bridgehead atoms. The van der Waals surface area contributed by atoms with Gasteiger partial charge in [-0.15, -0.1) is 0 Å². The predicted molar refractivity (Wildman–Crippen MR) is 54.2 cm³/mol. The van der Waals surface area contributed by atoms with Crippen LogP contribution in [0.15, 0.2) is 24.3 Å². The van der Waals surface area contributed by atoms with Gasteiger partial charge in [-0.05, 0) is 24.1 Å². The molecule has 0 unspecified atom stereocenters. The minimum atomic E-state index is -2.95. The number of benzene rings is 1. The molecule has 0 fully saturated rings. The van der Waals surface area contributed by atoms with Crippen LogP contribution in [0.2, 0.25) is 5.02 Å². The monoisotopic (exact) mass is 233 g/mol. The molecule has 1 rings (SSSR count). The molecule has 1 aromatic rings. The molecular weight excluding hydrogens is 224 g/mol. The molecule has 1 N–H and O–H groups in total. The van der Waals surface area contributed by atoms with Gasteiger partial charge in [-0.1, -0.05) is 23.7 Å². The van der Waals surface area contributed by atoms with Crippen LogP contribution in [0.1, 0.15) is 5.56 Å². The topological polar surface area (TPSA) is 29.1 Å². The minimum absolute atomic E-state index is 0.184. The molecule has 5 heteroatoms. The Kier molecular flexibility index (Phi) is 4.49. The molecule has 0 saturated heterocycles. The van der Waals surface area contributed by atoms with Crippen LogP contribution in [0.3, 0.4) is 0 Å². The van der Waals surface area contributed by atoms with E-state index in [4.69, 9.17) is 11.6 Å². The number of alkyl halides is 2. The van der Waals surface area contributed by atoms with Crippen molar-refractivity contribution in [1.82, 2.24) is 5.32 Å². The third-order valence-corrected chi connectivity index (χ3v) is 2.04. The Morgan fingerprint density at radius 2 is 2.20 bits per heavy atom. The van der Waals surface area contributed by atoms with E-state index in [9.17, 15) is 13.6 Å². The fraction of sp³-hybridized carbons (Fsp3) is 0.300. The van der Waals surface area contributed by atoms with Crippen molar-refractivity contribution in [3.05, 3.63) is 34.9 Å². The van der Waals surface area contributed by atoms with E-state index in [-0.39, 0.29) is 6.54 Å². The van der Waals surface area contributed by atoms with Gasteiger partial charge in [0.1, 0.15) is 0 Å². The Morgan fingerprint density at radius 1 is 1.47 bits per heavy atom. The summed E-state index contributed by atoms with van der Waals surface area (Å²) in [6.07, 6.45) is -2.47. The van der Waals surface area contributed by atoms with Crippen molar-refractivity contribution >= 4 is 17.5 Å². The highest BCUT2D eigenvalue weighted by Gasteiger charge is 2.13. The maximum Gasteiger partial charge on any atom is 0.315 e. The van der Waals surface area contributed by atoms with Crippen LogP contribution in [-0.4, -0.2) is 18.9 Å². The van der Waals surface area contributed by atoms with Crippen LogP contribution in [-0.2, 0) is 11.2 Å². The number of rotatable bonds is 4. The lowest BCUT2D eigenvalue weighted by Gasteiger charge is -2.04. The van der Waals surface area contributed by atoms with E-state index in [1.807, 2.05) is 6.07 Å². The highest BCUT2D eigenvalue weighted by molar-refractivity contribution is 6.30. The molecule has 0 heterocycles. The van der Waals surface area contributed by atoms with Crippen LogP contribution in [0, 0.1) is 0 Å². The summed E-state index contributed by atoms with van der Waals surface area (Å²) in [5, 5.41) is 2.71. The molecule has 1 aromatic carbocycles. The molecule has 0 atom stereocenters. The maximum atomic E-state index is 11.8. The van der Waals surface area contributed by atoms with E-state index in [1.54, 1.807) is 18.2 Å². The van der Waals surface area contributed by atoms with Gasteiger partial charge in [0.2, 0.25) is 0 Å². The van der Waals surface area contributed by atoms with Crippen LogP contribution in [0.4, 0.5) is 8.78 Å². The third kappa shape index (κ3) is 4.25. The second-order valence-electron chi connectivity index (χ2n) is 2.97. The van der Waals surface area contributed by atoms with Gasteiger partial charge in [-0.25, -0.2) is 0 Å². The molecule has 0 aliphatic heterocycles. The first-order valence-electron chi connectivity index (χ1n) is 4.40. The molecule has 1 amide bonds. The third-order valence-electron chi connectivity index (χ3n) is 1.80. The maximum absolute atomic E-state index is 11.8. The first-order valence-corrected chi connectivity index (χ1v) is 4.77. The van der Waals surface area contributed by atoms with Gasteiger partial charge < -0.3 is 5.32 Å². The van der Waals surface area contributed by atoms with Gasteiger partial charge in [-0.2, -0.15) is 8.78 Å². The normalized spacial score (nSPS) is 10.4. The van der Waals surface area contributed by atoms with E-state index in [0.717, 1.165) is 5.56 Å². The molecule has 0 saturated carbocycles. The van der Waals surface area contributed by atoms with Crippen molar-refractivity contribution < 1.29 is 13.6 Å². The molecule has 82 valence electrons. The Labute approximate surface area is 91.2 Å². The average molecular weight is 234 g/mol. The lowest BCUT2D eigenvalue weighted by atomic mass is 10.1. The van der Waals surface area contributed by atoms with Gasteiger partial charge in [0.05, 0.1) is 0 Å². The van der Waals surface area contributed by atoms with Crippen molar-refractivity contribution in [3.63, 3.8) is 0 Å². The molecule has 2 nitrogen and oxygen atoms in total. The number of carbonyl (C=O) groups excluding carboxylic acids is 1. The zero-order chi connectivity index (χ0) is 11.3. The summed E-state index contributed by atoms with van der Waals surface area (Å²) in [6, 6.07) is 7.05. The molecule has 0 aromatic heterocycles. The standard InChI is InChI=1S/C10H10ClF2NO/c11-8-3-1-2-7(6-8)4-5-14-10(15)9(12)13/h1-3,6,9H,4-5H2,(H,14,15). The van der Waals surface area contributed by atoms with Crippen molar-refractivity contribution in [2.75, 3.05) is 6.54 Å². The Balaban J connectivity index is 2.35. The molecule has 0 aliphatic carbocycles. The van der Waals surface area contributed by atoms with E-state index < -0.39 is 12.3 Å². The average Bonchev–Trinajstić information content (AvgIpc) is 2.17. The molecule has 0 aliphatic rings. The zero-order valence-corrected chi connectivity index (χ0v) is 8.60. The van der Waals surface area contributed by atoms with Gasteiger partial charge in [0.25, 0.3) is 5.91 Å². The second-order valence-corrected chi connectivity index (χ2v) is 3.41. The molecular formula is C10H10ClF2NO. The van der Waals surface area contributed by atoms with Gasteiger partial charge >= 0.3 is 6.43 Å².